The number of rotatable bonds is 3. The van der Waals surface area contributed by atoms with E-state index in [0.717, 1.165) is 25.0 Å². The normalized spacial score (nSPS) is 16.5. The molecule has 1 aliphatic rings. The molecular formula is C13H16F2N2O2. The summed E-state index contributed by atoms with van der Waals surface area (Å²) in [6.45, 7) is 1.04. The van der Waals surface area contributed by atoms with E-state index in [1.807, 2.05) is 0 Å². The molecule has 0 unspecified atom stereocenters. The molecule has 2 N–H and O–H groups in total. The van der Waals surface area contributed by atoms with Gasteiger partial charge in [0.25, 0.3) is 5.91 Å². The molecule has 1 heterocycles. The molecular weight excluding hydrogens is 254 g/mol. The minimum Gasteiger partial charge on any atom is -0.484 e. The summed E-state index contributed by atoms with van der Waals surface area (Å²) >= 11 is 0. The van der Waals surface area contributed by atoms with Crippen LogP contribution in [0, 0.1) is 11.6 Å². The van der Waals surface area contributed by atoms with E-state index in [0.29, 0.717) is 13.1 Å². The molecule has 19 heavy (non-hydrogen) atoms. The Balaban J connectivity index is 1.84. The van der Waals surface area contributed by atoms with E-state index in [1.165, 1.54) is 6.07 Å². The number of nitrogens with two attached hydrogens (primary N) is 1. The number of nitrogens with zero attached hydrogens (tertiary/aromatic N) is 1. The van der Waals surface area contributed by atoms with E-state index in [1.54, 1.807) is 4.90 Å². The molecule has 2 rings (SSSR count). The van der Waals surface area contributed by atoms with Gasteiger partial charge in [0.2, 0.25) is 0 Å². The van der Waals surface area contributed by atoms with E-state index in [9.17, 15) is 13.6 Å². The van der Waals surface area contributed by atoms with Crippen LogP contribution in [0.15, 0.2) is 18.2 Å². The second kappa shape index (κ2) is 5.97. The van der Waals surface area contributed by atoms with Gasteiger partial charge in [-0.3, -0.25) is 4.79 Å². The van der Waals surface area contributed by atoms with E-state index in [2.05, 4.69) is 0 Å². The van der Waals surface area contributed by atoms with Gasteiger partial charge in [0.15, 0.2) is 18.2 Å². The number of carbonyl (C=O) groups excluding carboxylic acids is 1. The second-order valence-corrected chi connectivity index (χ2v) is 4.58. The Hall–Kier alpha value is -1.69. The topological polar surface area (TPSA) is 55.6 Å². The van der Waals surface area contributed by atoms with Crippen molar-refractivity contribution in [3.8, 4) is 5.75 Å². The van der Waals surface area contributed by atoms with Gasteiger partial charge < -0.3 is 15.4 Å². The van der Waals surface area contributed by atoms with Crippen molar-refractivity contribution in [2.45, 2.75) is 18.9 Å². The third-order valence-corrected chi connectivity index (χ3v) is 3.15. The Kier molecular flexibility index (Phi) is 4.31. The van der Waals surface area contributed by atoms with Crippen LogP contribution in [0.3, 0.4) is 0 Å². The number of ether oxygens (including phenoxy) is 1. The smallest absolute Gasteiger partial charge is 0.260 e. The molecule has 0 spiro atoms. The molecule has 1 amide bonds. The SMILES string of the molecule is NC1CCN(C(=O)COc2ccc(F)c(F)c2)CC1. The largest absolute Gasteiger partial charge is 0.484 e. The van der Waals surface area contributed by atoms with Crippen LogP contribution in [0.4, 0.5) is 8.78 Å². The third-order valence-electron chi connectivity index (χ3n) is 3.15. The molecule has 1 aliphatic heterocycles. The van der Waals surface area contributed by atoms with Crippen LogP contribution >= 0.6 is 0 Å². The number of benzene rings is 1. The van der Waals surface area contributed by atoms with Gasteiger partial charge >= 0.3 is 0 Å². The number of amides is 1. The van der Waals surface area contributed by atoms with Crippen molar-refractivity contribution in [2.75, 3.05) is 19.7 Å². The van der Waals surface area contributed by atoms with Crippen molar-refractivity contribution in [1.82, 2.24) is 4.90 Å². The van der Waals surface area contributed by atoms with Crippen molar-refractivity contribution in [3.63, 3.8) is 0 Å². The van der Waals surface area contributed by atoms with Crippen molar-refractivity contribution in [2.24, 2.45) is 5.73 Å². The number of likely N-dealkylation sites (tertiary alicyclic amines) is 1. The summed E-state index contributed by atoms with van der Waals surface area (Å²) in [6.07, 6.45) is 1.55. The maximum atomic E-state index is 12.9. The molecule has 0 bridgehead atoms. The lowest BCUT2D eigenvalue weighted by atomic mass is 10.1. The average Bonchev–Trinajstić information content (AvgIpc) is 2.40. The van der Waals surface area contributed by atoms with Gasteiger partial charge in [-0.1, -0.05) is 0 Å². The summed E-state index contributed by atoms with van der Waals surface area (Å²) in [5.74, 6) is -1.96. The average molecular weight is 270 g/mol. The van der Waals surface area contributed by atoms with Crippen molar-refractivity contribution in [3.05, 3.63) is 29.8 Å². The summed E-state index contributed by atoms with van der Waals surface area (Å²) in [7, 11) is 0. The lowest BCUT2D eigenvalue weighted by Gasteiger charge is -2.30. The highest BCUT2D eigenvalue weighted by Crippen LogP contribution is 2.16. The first-order chi connectivity index (χ1) is 9.06. The quantitative estimate of drug-likeness (QED) is 0.900. The van der Waals surface area contributed by atoms with E-state index < -0.39 is 11.6 Å². The lowest BCUT2D eigenvalue weighted by Crippen LogP contribution is -2.44. The van der Waals surface area contributed by atoms with Crippen LogP contribution in [0.2, 0.25) is 0 Å². The van der Waals surface area contributed by atoms with E-state index in [4.69, 9.17) is 10.5 Å². The summed E-state index contributed by atoms with van der Waals surface area (Å²) in [6, 6.07) is 3.33. The van der Waals surface area contributed by atoms with Gasteiger partial charge in [-0.05, 0) is 25.0 Å². The Morgan fingerprint density at radius 1 is 1.32 bits per heavy atom. The van der Waals surface area contributed by atoms with Crippen molar-refractivity contribution >= 4 is 5.91 Å². The maximum Gasteiger partial charge on any atom is 0.260 e. The fourth-order valence-electron chi connectivity index (χ4n) is 1.95. The molecule has 4 nitrogen and oxygen atoms in total. The summed E-state index contributed by atoms with van der Waals surface area (Å²) in [5.41, 5.74) is 5.75. The number of halogens is 2. The summed E-state index contributed by atoms with van der Waals surface area (Å²) in [4.78, 5) is 13.5. The Morgan fingerprint density at radius 2 is 2.00 bits per heavy atom. The van der Waals surface area contributed by atoms with Crippen LogP contribution in [0.5, 0.6) is 5.75 Å². The molecule has 1 fully saturated rings. The van der Waals surface area contributed by atoms with Gasteiger partial charge in [0, 0.05) is 25.2 Å². The van der Waals surface area contributed by atoms with Crippen LogP contribution in [0.25, 0.3) is 0 Å². The predicted octanol–water partition coefficient (Wildman–Crippen LogP) is 1.29. The molecule has 0 saturated carbocycles. The number of hydrogen-bond donors (Lipinski definition) is 1. The van der Waals surface area contributed by atoms with Gasteiger partial charge in [-0.25, -0.2) is 8.78 Å². The van der Waals surface area contributed by atoms with Crippen molar-refractivity contribution < 1.29 is 18.3 Å². The molecule has 0 atom stereocenters. The number of carbonyl (C=O) groups is 1. The van der Waals surface area contributed by atoms with Crippen molar-refractivity contribution in [1.29, 1.82) is 0 Å². The molecule has 1 aromatic carbocycles. The molecule has 0 aromatic heterocycles. The van der Waals surface area contributed by atoms with Crippen LogP contribution in [-0.2, 0) is 4.79 Å². The summed E-state index contributed by atoms with van der Waals surface area (Å²) in [5, 5.41) is 0. The molecule has 0 aliphatic carbocycles. The second-order valence-electron chi connectivity index (χ2n) is 4.58. The first-order valence-corrected chi connectivity index (χ1v) is 6.17. The minimum atomic E-state index is -0.992. The number of hydrogen-bond acceptors (Lipinski definition) is 3. The van der Waals surface area contributed by atoms with Gasteiger partial charge in [-0.15, -0.1) is 0 Å². The maximum absolute atomic E-state index is 12.9. The van der Waals surface area contributed by atoms with Crippen LogP contribution < -0.4 is 10.5 Å². The standard InChI is InChI=1S/C13H16F2N2O2/c14-11-2-1-10(7-12(11)15)19-8-13(18)17-5-3-9(16)4-6-17/h1-2,7,9H,3-6,8,16H2. The Labute approximate surface area is 110 Å². The van der Waals surface area contributed by atoms with E-state index in [-0.39, 0.29) is 24.3 Å². The minimum absolute atomic E-state index is 0.140. The molecule has 104 valence electrons. The highest BCUT2D eigenvalue weighted by atomic mass is 19.2. The Morgan fingerprint density at radius 3 is 2.63 bits per heavy atom. The van der Waals surface area contributed by atoms with Crippen LogP contribution in [-0.4, -0.2) is 36.5 Å². The predicted molar refractivity (Wildman–Crippen MR) is 65.6 cm³/mol. The first kappa shape index (κ1) is 13.7. The van der Waals surface area contributed by atoms with Crippen LogP contribution in [0.1, 0.15) is 12.8 Å². The monoisotopic (exact) mass is 270 g/mol. The lowest BCUT2D eigenvalue weighted by molar-refractivity contribution is -0.134. The van der Waals surface area contributed by atoms with Gasteiger partial charge in [0.1, 0.15) is 5.75 Å². The van der Waals surface area contributed by atoms with E-state index >= 15 is 0 Å². The van der Waals surface area contributed by atoms with Gasteiger partial charge in [0.05, 0.1) is 0 Å². The fraction of sp³-hybridized carbons (Fsp3) is 0.462. The number of piperidine rings is 1. The first-order valence-electron chi connectivity index (χ1n) is 6.17. The Bertz CT molecular complexity index is 460. The van der Waals surface area contributed by atoms with Gasteiger partial charge in [-0.2, -0.15) is 0 Å². The molecule has 1 aromatic rings. The highest BCUT2D eigenvalue weighted by molar-refractivity contribution is 5.77. The third kappa shape index (κ3) is 3.64. The molecule has 6 heteroatoms. The zero-order valence-corrected chi connectivity index (χ0v) is 10.4. The fourth-order valence-corrected chi connectivity index (χ4v) is 1.95. The highest BCUT2D eigenvalue weighted by Gasteiger charge is 2.20. The zero-order chi connectivity index (χ0) is 13.8. The molecule has 0 radical (unpaired) electrons. The molecule has 1 saturated heterocycles. The zero-order valence-electron chi connectivity index (χ0n) is 10.4. The summed E-state index contributed by atoms with van der Waals surface area (Å²) < 4.78 is 30.8.